The van der Waals surface area contributed by atoms with E-state index >= 15 is 0 Å². The molecule has 3 aromatic rings. The van der Waals surface area contributed by atoms with Crippen LogP contribution in [0.3, 0.4) is 0 Å². The number of hydrogen-bond acceptors (Lipinski definition) is 6. The minimum atomic E-state index is -0.259. The summed E-state index contributed by atoms with van der Waals surface area (Å²) in [7, 11) is 3.71. The average Bonchev–Trinajstić information content (AvgIpc) is 3.17. The van der Waals surface area contributed by atoms with Gasteiger partial charge < -0.3 is 30.2 Å². The van der Waals surface area contributed by atoms with Crippen molar-refractivity contribution in [2.24, 2.45) is 0 Å². The van der Waals surface area contributed by atoms with Crippen LogP contribution in [0.1, 0.15) is 69.2 Å². The zero-order chi connectivity index (χ0) is 30.4. The molecule has 9 nitrogen and oxygen atoms in total. The van der Waals surface area contributed by atoms with Gasteiger partial charge in [-0.2, -0.15) is 0 Å². The lowest BCUT2D eigenvalue weighted by Crippen LogP contribution is -2.51. The standard InChI is InChI=1S/C34H42N4O5/c1-5-24(6-2)36-33(40)37-26-13-18-30(31(22-26)41-4)42-28-16-11-25(12-17-28)35-32(39)23-9-14-29(15-10-23)43-34-20-7-8-27(19-21-34)38(34)3/h9-18,22,24,27H,5-8,19-21H2,1-4H3,(H,35,39)(H2,36,37,40). The van der Waals surface area contributed by atoms with Gasteiger partial charge in [0.25, 0.3) is 5.91 Å². The van der Waals surface area contributed by atoms with Gasteiger partial charge in [0.05, 0.1) is 7.11 Å². The average molecular weight is 587 g/mol. The lowest BCUT2D eigenvalue weighted by molar-refractivity contribution is -0.0823. The second-order valence-corrected chi connectivity index (χ2v) is 11.3. The van der Waals surface area contributed by atoms with Gasteiger partial charge in [0.15, 0.2) is 17.2 Å². The molecule has 228 valence electrons. The largest absolute Gasteiger partial charge is 0.493 e. The number of benzene rings is 3. The number of nitrogens with one attached hydrogen (secondary N) is 3. The molecule has 3 aromatic carbocycles. The minimum absolute atomic E-state index is 0.126. The van der Waals surface area contributed by atoms with Crippen LogP contribution in [0.5, 0.6) is 23.0 Å². The van der Waals surface area contributed by atoms with Crippen molar-refractivity contribution in [1.29, 1.82) is 0 Å². The van der Waals surface area contributed by atoms with Crippen LogP contribution in [-0.4, -0.2) is 48.8 Å². The van der Waals surface area contributed by atoms with E-state index in [-0.39, 0.29) is 23.7 Å². The second kappa shape index (κ2) is 13.4. The number of piperidine rings is 1. The molecule has 5 rings (SSSR count). The normalized spacial score (nSPS) is 19.5. The molecule has 0 aromatic heterocycles. The highest BCUT2D eigenvalue weighted by atomic mass is 16.5. The van der Waals surface area contributed by atoms with Gasteiger partial charge in [-0.15, -0.1) is 0 Å². The summed E-state index contributed by atoms with van der Waals surface area (Å²) in [5.74, 6) is 2.14. The SMILES string of the molecule is CCC(CC)NC(=O)Nc1ccc(Oc2ccc(NC(=O)c3ccc(OC45CCCC(CC4)N5C)cc3)cc2)c(OC)c1. The number of fused-ring (bicyclic) bond motifs is 2. The van der Waals surface area contributed by atoms with Crippen LogP contribution in [0.4, 0.5) is 16.2 Å². The van der Waals surface area contributed by atoms with Crippen molar-refractivity contribution in [2.45, 2.75) is 76.6 Å². The smallest absolute Gasteiger partial charge is 0.319 e. The Balaban J connectivity index is 1.15. The maximum atomic E-state index is 12.9. The maximum Gasteiger partial charge on any atom is 0.319 e. The van der Waals surface area contributed by atoms with Gasteiger partial charge >= 0.3 is 6.03 Å². The Hall–Kier alpha value is -4.24. The number of methoxy groups -OCH3 is 1. The fourth-order valence-electron chi connectivity index (χ4n) is 6.03. The van der Waals surface area contributed by atoms with Crippen LogP contribution < -0.4 is 30.2 Å². The molecule has 0 radical (unpaired) electrons. The third-order valence-corrected chi connectivity index (χ3v) is 8.67. The molecule has 2 bridgehead atoms. The first-order chi connectivity index (χ1) is 20.8. The molecule has 2 saturated heterocycles. The lowest BCUT2D eigenvalue weighted by Gasteiger charge is -2.42. The molecule has 0 spiro atoms. The Morgan fingerprint density at radius 1 is 0.884 bits per heavy atom. The number of urea groups is 1. The van der Waals surface area contributed by atoms with Gasteiger partial charge in [-0.25, -0.2) is 4.79 Å². The summed E-state index contributed by atoms with van der Waals surface area (Å²) in [4.78, 5) is 27.6. The molecule has 9 heteroatoms. The van der Waals surface area contributed by atoms with Crippen LogP contribution in [0.15, 0.2) is 66.7 Å². The van der Waals surface area contributed by atoms with E-state index in [0.717, 1.165) is 31.4 Å². The van der Waals surface area contributed by atoms with E-state index in [1.165, 1.54) is 19.3 Å². The van der Waals surface area contributed by atoms with Crippen LogP contribution in [0.2, 0.25) is 0 Å². The van der Waals surface area contributed by atoms with E-state index < -0.39 is 0 Å². The zero-order valence-corrected chi connectivity index (χ0v) is 25.4. The van der Waals surface area contributed by atoms with Crippen molar-refractivity contribution in [3.63, 3.8) is 0 Å². The lowest BCUT2D eigenvalue weighted by atomic mass is 10.0. The topological polar surface area (TPSA) is 101 Å². The monoisotopic (exact) mass is 586 g/mol. The Bertz CT molecular complexity index is 1400. The Morgan fingerprint density at radius 3 is 2.28 bits per heavy atom. The summed E-state index contributed by atoms with van der Waals surface area (Å²) >= 11 is 0. The van der Waals surface area contributed by atoms with E-state index in [0.29, 0.717) is 40.2 Å². The van der Waals surface area contributed by atoms with Crippen molar-refractivity contribution >= 4 is 23.3 Å². The van der Waals surface area contributed by atoms with Crippen LogP contribution in [0.25, 0.3) is 0 Å². The maximum absolute atomic E-state index is 12.9. The highest BCUT2D eigenvalue weighted by Gasteiger charge is 2.48. The number of carbonyl (C=O) groups is 2. The first-order valence-corrected chi connectivity index (χ1v) is 15.2. The van der Waals surface area contributed by atoms with E-state index in [9.17, 15) is 9.59 Å². The first kappa shape index (κ1) is 30.2. The highest BCUT2D eigenvalue weighted by molar-refractivity contribution is 6.04. The van der Waals surface area contributed by atoms with E-state index in [1.807, 2.05) is 26.0 Å². The summed E-state index contributed by atoms with van der Waals surface area (Å²) in [6.45, 7) is 4.08. The summed E-state index contributed by atoms with van der Waals surface area (Å²) in [6.07, 6.45) is 7.42. The molecule has 43 heavy (non-hydrogen) atoms. The van der Waals surface area contributed by atoms with E-state index in [4.69, 9.17) is 14.2 Å². The van der Waals surface area contributed by atoms with Crippen LogP contribution >= 0.6 is 0 Å². The third-order valence-electron chi connectivity index (χ3n) is 8.67. The molecule has 2 aliphatic heterocycles. The molecular formula is C34H42N4O5. The predicted octanol–water partition coefficient (Wildman–Crippen LogP) is 7.40. The Labute approximate surface area is 253 Å². The van der Waals surface area contributed by atoms with Crippen molar-refractivity contribution in [1.82, 2.24) is 10.2 Å². The minimum Gasteiger partial charge on any atom is -0.493 e. The van der Waals surface area contributed by atoms with Crippen LogP contribution in [0, 0.1) is 0 Å². The van der Waals surface area contributed by atoms with Gasteiger partial charge in [0.1, 0.15) is 11.5 Å². The molecular weight excluding hydrogens is 544 g/mol. The number of hydrogen-bond donors (Lipinski definition) is 3. The Morgan fingerprint density at radius 2 is 1.58 bits per heavy atom. The fourth-order valence-corrected chi connectivity index (χ4v) is 6.03. The Kier molecular flexibility index (Phi) is 9.40. The van der Waals surface area contributed by atoms with Crippen molar-refractivity contribution in [3.05, 3.63) is 72.3 Å². The van der Waals surface area contributed by atoms with Crippen LogP contribution in [-0.2, 0) is 0 Å². The molecule has 2 atom stereocenters. The van der Waals surface area contributed by atoms with Gasteiger partial charge in [-0.3, -0.25) is 9.69 Å². The van der Waals surface area contributed by atoms with Gasteiger partial charge in [-0.05, 0) is 99.8 Å². The summed E-state index contributed by atoms with van der Waals surface area (Å²) < 4.78 is 18.0. The molecule has 0 saturated carbocycles. The number of amides is 3. The van der Waals surface area contributed by atoms with Gasteiger partial charge in [0.2, 0.25) is 0 Å². The second-order valence-electron chi connectivity index (χ2n) is 11.3. The molecule has 2 fully saturated rings. The highest BCUT2D eigenvalue weighted by Crippen LogP contribution is 2.44. The summed E-state index contributed by atoms with van der Waals surface area (Å²) in [5, 5.41) is 8.73. The van der Waals surface area contributed by atoms with Gasteiger partial charge in [-0.1, -0.05) is 13.8 Å². The van der Waals surface area contributed by atoms with E-state index in [2.05, 4.69) is 27.9 Å². The molecule has 2 aliphatic rings. The molecule has 2 heterocycles. The number of rotatable bonds is 11. The quantitative estimate of drug-likeness (QED) is 0.216. The number of nitrogens with zero attached hydrogens (tertiary/aromatic N) is 1. The van der Waals surface area contributed by atoms with Crippen molar-refractivity contribution in [3.8, 4) is 23.0 Å². The number of ether oxygens (including phenoxy) is 3. The number of anilines is 2. The third kappa shape index (κ3) is 7.05. The number of carbonyl (C=O) groups excluding carboxylic acids is 2. The van der Waals surface area contributed by atoms with E-state index in [1.54, 1.807) is 61.7 Å². The summed E-state index contributed by atoms with van der Waals surface area (Å²) in [5.41, 5.74) is 1.58. The zero-order valence-electron chi connectivity index (χ0n) is 25.4. The predicted molar refractivity (Wildman–Crippen MR) is 168 cm³/mol. The first-order valence-electron chi connectivity index (χ1n) is 15.2. The fraction of sp³-hybridized carbons (Fsp3) is 0.412. The summed E-state index contributed by atoms with van der Waals surface area (Å²) in [6, 6.07) is 20.2. The molecule has 2 unspecified atom stereocenters. The van der Waals surface area contributed by atoms with Crippen molar-refractivity contribution < 1.29 is 23.8 Å². The van der Waals surface area contributed by atoms with Crippen molar-refractivity contribution in [2.75, 3.05) is 24.8 Å². The molecule has 0 aliphatic carbocycles. The molecule has 3 amide bonds. The van der Waals surface area contributed by atoms with Gasteiger partial charge in [0, 0.05) is 47.9 Å². The molecule has 3 N–H and O–H groups in total.